The van der Waals surface area contributed by atoms with E-state index in [1.54, 1.807) is 17.8 Å². The van der Waals surface area contributed by atoms with E-state index < -0.39 is 6.04 Å². The number of carbonyl (C=O) groups excluding carboxylic acids is 2. The number of nitrogens with zero attached hydrogens (tertiary/aromatic N) is 1. The Balaban J connectivity index is 1.80. The standard InChI is InChI=1S/C23H30BrN3O2S/c1-27(17-18-9-4-3-5-10-18)15-8-14-25-23(29)21(13-16-30-2)26-22(28)19-11-6-7-12-20(19)24/h3-7,9-12,21H,8,13-17H2,1-2H3,(H,25,29)(H,26,28). The Hall–Kier alpha value is -1.83. The van der Waals surface area contributed by atoms with Crippen LogP contribution >= 0.6 is 27.7 Å². The molecule has 1 unspecified atom stereocenters. The van der Waals surface area contributed by atoms with Crippen molar-refractivity contribution in [2.75, 3.05) is 32.1 Å². The van der Waals surface area contributed by atoms with Gasteiger partial charge in [0.25, 0.3) is 5.91 Å². The van der Waals surface area contributed by atoms with Gasteiger partial charge in [0, 0.05) is 17.6 Å². The van der Waals surface area contributed by atoms with Crippen LogP contribution in [0.1, 0.15) is 28.8 Å². The maximum Gasteiger partial charge on any atom is 0.253 e. The fourth-order valence-corrected chi connectivity index (χ4v) is 3.98. The summed E-state index contributed by atoms with van der Waals surface area (Å²) in [7, 11) is 2.08. The smallest absolute Gasteiger partial charge is 0.253 e. The zero-order valence-electron chi connectivity index (χ0n) is 17.6. The maximum atomic E-state index is 12.7. The fraction of sp³-hybridized carbons (Fsp3) is 0.391. The van der Waals surface area contributed by atoms with Gasteiger partial charge >= 0.3 is 0 Å². The molecule has 2 aromatic rings. The number of amides is 2. The van der Waals surface area contributed by atoms with Gasteiger partial charge in [0.2, 0.25) is 5.91 Å². The molecule has 0 radical (unpaired) electrons. The van der Waals surface area contributed by atoms with Crippen LogP contribution in [0.15, 0.2) is 59.1 Å². The second-order valence-electron chi connectivity index (χ2n) is 7.16. The molecule has 0 fully saturated rings. The highest BCUT2D eigenvalue weighted by Crippen LogP contribution is 2.16. The first-order valence-electron chi connectivity index (χ1n) is 10.1. The number of carbonyl (C=O) groups is 2. The van der Waals surface area contributed by atoms with Crippen LogP contribution in [-0.4, -0.2) is 54.9 Å². The van der Waals surface area contributed by atoms with Gasteiger partial charge in [-0.1, -0.05) is 42.5 Å². The molecule has 0 saturated heterocycles. The van der Waals surface area contributed by atoms with E-state index in [0.29, 0.717) is 23.0 Å². The van der Waals surface area contributed by atoms with Gasteiger partial charge in [-0.2, -0.15) is 11.8 Å². The van der Waals surface area contributed by atoms with Gasteiger partial charge in [0.15, 0.2) is 0 Å². The summed E-state index contributed by atoms with van der Waals surface area (Å²) in [5, 5.41) is 5.87. The van der Waals surface area contributed by atoms with Gasteiger partial charge in [-0.15, -0.1) is 0 Å². The topological polar surface area (TPSA) is 61.4 Å². The van der Waals surface area contributed by atoms with E-state index >= 15 is 0 Å². The van der Waals surface area contributed by atoms with Crippen LogP contribution in [0.25, 0.3) is 0 Å². The highest BCUT2D eigenvalue weighted by molar-refractivity contribution is 9.10. The van der Waals surface area contributed by atoms with E-state index in [2.05, 4.69) is 50.6 Å². The molecular formula is C23H30BrN3O2S. The zero-order chi connectivity index (χ0) is 21.8. The molecule has 0 spiro atoms. The minimum absolute atomic E-state index is 0.129. The molecule has 30 heavy (non-hydrogen) atoms. The van der Waals surface area contributed by atoms with E-state index in [9.17, 15) is 9.59 Å². The summed E-state index contributed by atoms with van der Waals surface area (Å²) in [5.41, 5.74) is 1.80. The quantitative estimate of drug-likeness (QED) is 0.441. The SMILES string of the molecule is CSCCC(NC(=O)c1ccccc1Br)C(=O)NCCCN(C)Cc1ccccc1. The summed E-state index contributed by atoms with van der Waals surface area (Å²) >= 11 is 5.05. The van der Waals surface area contributed by atoms with E-state index in [-0.39, 0.29) is 11.8 Å². The third-order valence-electron chi connectivity index (χ3n) is 4.66. The predicted octanol–water partition coefficient (Wildman–Crippen LogP) is 3.94. The van der Waals surface area contributed by atoms with Crippen LogP contribution < -0.4 is 10.6 Å². The average Bonchev–Trinajstić information content (AvgIpc) is 2.75. The molecule has 0 aliphatic carbocycles. The lowest BCUT2D eigenvalue weighted by Crippen LogP contribution is -2.47. The third kappa shape index (κ3) is 8.50. The molecule has 7 heteroatoms. The Kier molecular flexibility index (Phi) is 11.0. The largest absolute Gasteiger partial charge is 0.354 e. The van der Waals surface area contributed by atoms with Crippen molar-refractivity contribution in [3.05, 3.63) is 70.2 Å². The fourth-order valence-electron chi connectivity index (χ4n) is 3.04. The number of thioether (sulfide) groups is 1. The van der Waals surface area contributed by atoms with Crippen LogP contribution in [0.2, 0.25) is 0 Å². The molecule has 0 bridgehead atoms. The zero-order valence-corrected chi connectivity index (χ0v) is 20.0. The van der Waals surface area contributed by atoms with Crippen molar-refractivity contribution in [2.45, 2.75) is 25.4 Å². The Morgan fingerprint density at radius 2 is 1.80 bits per heavy atom. The molecule has 0 saturated carbocycles. The van der Waals surface area contributed by atoms with Crippen LogP contribution in [0.3, 0.4) is 0 Å². The lowest BCUT2D eigenvalue weighted by molar-refractivity contribution is -0.123. The molecule has 162 valence electrons. The predicted molar refractivity (Wildman–Crippen MR) is 129 cm³/mol. The number of rotatable bonds is 12. The molecule has 0 aliphatic heterocycles. The highest BCUT2D eigenvalue weighted by atomic mass is 79.9. The average molecular weight is 492 g/mol. The molecule has 2 rings (SSSR count). The third-order valence-corrected chi connectivity index (χ3v) is 6.00. The van der Waals surface area contributed by atoms with Gasteiger partial charge in [-0.3, -0.25) is 9.59 Å². The van der Waals surface area contributed by atoms with Crippen molar-refractivity contribution in [3.8, 4) is 0 Å². The molecule has 1 atom stereocenters. The molecule has 2 N–H and O–H groups in total. The summed E-state index contributed by atoms with van der Waals surface area (Å²) in [6.45, 7) is 2.35. The first kappa shape index (κ1) is 24.4. The van der Waals surface area contributed by atoms with Gasteiger partial charge in [0.05, 0.1) is 5.56 Å². The van der Waals surface area contributed by atoms with E-state index in [1.165, 1.54) is 5.56 Å². The van der Waals surface area contributed by atoms with Gasteiger partial charge in [0.1, 0.15) is 6.04 Å². The Morgan fingerprint density at radius 3 is 2.50 bits per heavy atom. The molecule has 2 aromatic carbocycles. The van der Waals surface area contributed by atoms with Crippen LogP contribution in [0.4, 0.5) is 0 Å². The Labute approximate surface area is 192 Å². The number of benzene rings is 2. The van der Waals surface area contributed by atoms with Crippen LogP contribution in [0, 0.1) is 0 Å². The Bertz CT molecular complexity index is 804. The first-order chi connectivity index (χ1) is 14.5. The molecule has 0 aromatic heterocycles. The first-order valence-corrected chi connectivity index (χ1v) is 12.2. The highest BCUT2D eigenvalue weighted by Gasteiger charge is 2.21. The molecule has 0 heterocycles. The summed E-state index contributed by atoms with van der Waals surface area (Å²) in [4.78, 5) is 27.5. The second-order valence-corrected chi connectivity index (χ2v) is 9.00. The summed E-state index contributed by atoms with van der Waals surface area (Å²) < 4.78 is 0.716. The van der Waals surface area contributed by atoms with Crippen molar-refractivity contribution in [1.82, 2.24) is 15.5 Å². The van der Waals surface area contributed by atoms with Gasteiger partial charge in [-0.25, -0.2) is 0 Å². The van der Waals surface area contributed by atoms with Crippen molar-refractivity contribution in [3.63, 3.8) is 0 Å². The lowest BCUT2D eigenvalue weighted by atomic mass is 10.1. The minimum atomic E-state index is -0.542. The van der Waals surface area contributed by atoms with Crippen molar-refractivity contribution in [2.24, 2.45) is 0 Å². The van der Waals surface area contributed by atoms with E-state index in [4.69, 9.17) is 0 Å². The minimum Gasteiger partial charge on any atom is -0.354 e. The van der Waals surface area contributed by atoms with Crippen molar-refractivity contribution < 1.29 is 9.59 Å². The van der Waals surface area contributed by atoms with E-state index in [1.807, 2.05) is 42.7 Å². The summed E-state index contributed by atoms with van der Waals surface area (Å²) in [6, 6.07) is 17.0. The van der Waals surface area contributed by atoms with Crippen LogP contribution in [0.5, 0.6) is 0 Å². The van der Waals surface area contributed by atoms with Crippen LogP contribution in [-0.2, 0) is 11.3 Å². The Morgan fingerprint density at radius 1 is 1.10 bits per heavy atom. The second kappa shape index (κ2) is 13.5. The van der Waals surface area contributed by atoms with Crippen molar-refractivity contribution in [1.29, 1.82) is 0 Å². The van der Waals surface area contributed by atoms with Gasteiger partial charge < -0.3 is 15.5 Å². The summed E-state index contributed by atoms with van der Waals surface area (Å²) in [5.74, 6) is 0.426. The van der Waals surface area contributed by atoms with E-state index in [0.717, 1.165) is 25.3 Å². The normalized spacial score (nSPS) is 11.9. The lowest BCUT2D eigenvalue weighted by Gasteiger charge is -2.20. The number of hydrogen-bond donors (Lipinski definition) is 2. The maximum absolute atomic E-state index is 12.7. The number of nitrogens with one attached hydrogen (secondary N) is 2. The molecule has 2 amide bonds. The summed E-state index contributed by atoms with van der Waals surface area (Å²) in [6.07, 6.45) is 3.44. The van der Waals surface area contributed by atoms with Gasteiger partial charge in [-0.05, 0) is 72.1 Å². The van der Waals surface area contributed by atoms with Crippen molar-refractivity contribution >= 4 is 39.5 Å². The number of halogens is 1. The number of hydrogen-bond acceptors (Lipinski definition) is 4. The monoisotopic (exact) mass is 491 g/mol. The molecule has 5 nitrogen and oxygen atoms in total. The molecule has 0 aliphatic rings. The molecular weight excluding hydrogens is 462 g/mol.